The Hall–Kier alpha value is -2.13. The Morgan fingerprint density at radius 2 is 1.76 bits per heavy atom. The van der Waals surface area contributed by atoms with Crippen molar-refractivity contribution >= 4 is 86.4 Å². The summed E-state index contributed by atoms with van der Waals surface area (Å²) in [6.45, 7) is 3.39. The van der Waals surface area contributed by atoms with Crippen molar-refractivity contribution in [1.82, 2.24) is 9.88 Å². The monoisotopic (exact) mass is 610 g/mol. The van der Waals surface area contributed by atoms with E-state index in [0.29, 0.717) is 42.4 Å². The molecule has 1 saturated heterocycles. The minimum atomic E-state index is -0.433. The molecule has 2 N–H and O–H groups in total. The van der Waals surface area contributed by atoms with Crippen LogP contribution < -0.4 is 10.2 Å². The number of hydrogen-bond acceptors (Lipinski definition) is 4. The first-order chi connectivity index (χ1) is 18.2. The molecule has 11 heteroatoms. The van der Waals surface area contributed by atoms with E-state index in [1.165, 1.54) is 17.8 Å². The highest BCUT2D eigenvalue weighted by molar-refractivity contribution is 7.99. The van der Waals surface area contributed by atoms with Gasteiger partial charge in [-0.05, 0) is 68.5 Å². The Morgan fingerprint density at radius 1 is 0.947 bits per heavy atom. The standard InChI is InChI=1S/C27H23Cl4FN4OS/c1-35-7-2-8-36(10-9-35)22-5-4-16(12-20(22)32)33-27(37)21-13-17-24(14-19(30)25(31)26(17)34-21)38-23-6-3-15(28)11-18(23)29/h3-6,11-14,34H,2,7-10H2,1H3,(H,33,37). The Kier molecular flexibility index (Phi) is 8.33. The number of nitrogens with zero attached hydrogens (tertiary/aromatic N) is 2. The predicted octanol–water partition coefficient (Wildman–Crippen LogP) is 8.47. The van der Waals surface area contributed by atoms with Gasteiger partial charge in [0.25, 0.3) is 5.91 Å². The van der Waals surface area contributed by atoms with Gasteiger partial charge in [0.1, 0.15) is 11.5 Å². The molecule has 0 atom stereocenters. The maximum atomic E-state index is 15.0. The number of nitrogens with one attached hydrogen (secondary N) is 2. The van der Waals surface area contributed by atoms with E-state index in [2.05, 4.69) is 22.2 Å². The van der Waals surface area contributed by atoms with Crippen molar-refractivity contribution in [1.29, 1.82) is 0 Å². The van der Waals surface area contributed by atoms with Crippen molar-refractivity contribution in [3.05, 3.63) is 80.1 Å². The van der Waals surface area contributed by atoms with Crippen molar-refractivity contribution in [3.8, 4) is 0 Å². The molecule has 0 unspecified atom stereocenters. The maximum absolute atomic E-state index is 15.0. The molecule has 1 aliphatic rings. The summed E-state index contributed by atoms with van der Waals surface area (Å²) in [6.07, 6.45) is 0.964. The molecule has 3 aromatic carbocycles. The fraction of sp³-hybridized carbons (Fsp3) is 0.222. The van der Waals surface area contributed by atoms with E-state index in [1.54, 1.807) is 36.4 Å². The van der Waals surface area contributed by atoms with E-state index in [4.69, 9.17) is 46.4 Å². The number of H-pyrrole nitrogens is 1. The molecule has 5 rings (SSSR count). The maximum Gasteiger partial charge on any atom is 0.272 e. The lowest BCUT2D eigenvalue weighted by Gasteiger charge is -2.23. The summed E-state index contributed by atoms with van der Waals surface area (Å²) in [5.41, 5.74) is 1.67. The van der Waals surface area contributed by atoms with Crippen molar-refractivity contribution < 1.29 is 9.18 Å². The van der Waals surface area contributed by atoms with E-state index in [1.807, 2.05) is 11.0 Å². The van der Waals surface area contributed by atoms with E-state index in [-0.39, 0.29) is 11.5 Å². The van der Waals surface area contributed by atoms with Crippen LogP contribution in [0.5, 0.6) is 0 Å². The molecule has 198 valence electrons. The minimum Gasteiger partial charge on any atom is -0.368 e. The number of hydrogen-bond donors (Lipinski definition) is 2. The van der Waals surface area contributed by atoms with Crippen LogP contribution in [0.3, 0.4) is 0 Å². The number of aromatic amines is 1. The number of fused-ring (bicyclic) bond motifs is 1. The molecule has 0 saturated carbocycles. The third-order valence-corrected chi connectivity index (χ3v) is 8.98. The highest BCUT2D eigenvalue weighted by Gasteiger charge is 2.20. The molecule has 0 radical (unpaired) electrons. The number of halogens is 5. The quantitative estimate of drug-likeness (QED) is 0.238. The molecule has 0 bridgehead atoms. The van der Waals surface area contributed by atoms with Gasteiger partial charge >= 0.3 is 0 Å². The Morgan fingerprint density at radius 3 is 2.53 bits per heavy atom. The Balaban J connectivity index is 1.39. The minimum absolute atomic E-state index is 0.258. The van der Waals surface area contributed by atoms with Crippen molar-refractivity contribution in [2.75, 3.05) is 43.4 Å². The van der Waals surface area contributed by atoms with Crippen molar-refractivity contribution in [2.24, 2.45) is 0 Å². The third kappa shape index (κ3) is 5.88. The Bertz CT molecular complexity index is 1530. The molecule has 1 aromatic heterocycles. The number of likely N-dealkylation sites (N-methyl/N-ethyl adjacent to an activating group) is 1. The lowest BCUT2D eigenvalue weighted by atomic mass is 10.2. The number of carbonyl (C=O) groups excluding carboxylic acids is 1. The summed E-state index contributed by atoms with van der Waals surface area (Å²) in [7, 11) is 2.07. The van der Waals surface area contributed by atoms with Crippen LogP contribution >= 0.6 is 58.2 Å². The van der Waals surface area contributed by atoms with E-state index < -0.39 is 5.91 Å². The summed E-state index contributed by atoms with van der Waals surface area (Å²) < 4.78 is 15.0. The summed E-state index contributed by atoms with van der Waals surface area (Å²) in [5.74, 6) is -0.810. The molecule has 5 nitrogen and oxygen atoms in total. The van der Waals surface area contributed by atoms with Gasteiger partial charge in [-0.1, -0.05) is 58.2 Å². The third-order valence-electron chi connectivity index (χ3n) is 6.39. The average molecular weight is 612 g/mol. The molecular weight excluding hydrogens is 589 g/mol. The highest BCUT2D eigenvalue weighted by atomic mass is 35.5. The van der Waals surface area contributed by atoms with Crippen LogP contribution in [0, 0.1) is 5.82 Å². The zero-order valence-electron chi connectivity index (χ0n) is 20.3. The SMILES string of the molecule is CN1CCCN(c2ccc(NC(=O)c3cc4c(Sc5ccc(Cl)cc5Cl)cc(Cl)c(Cl)c4[nH]3)cc2F)CC1. The van der Waals surface area contributed by atoms with Gasteiger partial charge in [-0.15, -0.1) is 0 Å². The van der Waals surface area contributed by atoms with Gasteiger partial charge in [0, 0.05) is 45.5 Å². The number of anilines is 2. The van der Waals surface area contributed by atoms with Crippen LogP contribution in [0.25, 0.3) is 10.9 Å². The van der Waals surface area contributed by atoms with Gasteiger partial charge < -0.3 is 20.1 Å². The normalized spacial score (nSPS) is 14.6. The van der Waals surface area contributed by atoms with Gasteiger partial charge in [0.05, 0.1) is 26.3 Å². The second-order valence-corrected chi connectivity index (χ2v) is 11.8. The number of carbonyl (C=O) groups is 1. The number of aromatic nitrogens is 1. The molecule has 1 fully saturated rings. The summed E-state index contributed by atoms with van der Waals surface area (Å²) in [6, 6.07) is 13.4. The fourth-order valence-corrected chi connectivity index (χ4v) is 6.38. The highest BCUT2D eigenvalue weighted by Crippen LogP contribution is 2.43. The number of amides is 1. The van der Waals surface area contributed by atoms with Gasteiger partial charge in [-0.25, -0.2) is 4.39 Å². The molecule has 0 spiro atoms. The molecular formula is C27H23Cl4FN4OS. The van der Waals surface area contributed by atoms with E-state index in [9.17, 15) is 4.79 Å². The zero-order chi connectivity index (χ0) is 27.0. The van der Waals surface area contributed by atoms with Gasteiger partial charge in [0.15, 0.2) is 0 Å². The smallest absolute Gasteiger partial charge is 0.272 e. The average Bonchev–Trinajstić information content (AvgIpc) is 3.22. The van der Waals surface area contributed by atoms with Gasteiger partial charge in [-0.2, -0.15) is 0 Å². The fourth-order valence-electron chi connectivity index (χ4n) is 4.41. The lowest BCUT2D eigenvalue weighted by Crippen LogP contribution is -2.29. The first kappa shape index (κ1) is 27.4. The summed E-state index contributed by atoms with van der Waals surface area (Å²) in [5, 5.41) is 5.13. The van der Waals surface area contributed by atoms with E-state index in [0.717, 1.165) is 42.4 Å². The number of benzene rings is 3. The lowest BCUT2D eigenvalue weighted by molar-refractivity contribution is 0.102. The predicted molar refractivity (Wildman–Crippen MR) is 158 cm³/mol. The number of rotatable bonds is 5. The Labute approximate surface area is 244 Å². The molecule has 1 aliphatic heterocycles. The van der Waals surface area contributed by atoms with Crippen LogP contribution in [0.2, 0.25) is 20.1 Å². The van der Waals surface area contributed by atoms with Gasteiger partial charge in [-0.3, -0.25) is 4.79 Å². The molecule has 4 aromatic rings. The van der Waals surface area contributed by atoms with Crippen LogP contribution in [0.1, 0.15) is 16.9 Å². The van der Waals surface area contributed by atoms with Crippen LogP contribution in [0.4, 0.5) is 15.8 Å². The van der Waals surface area contributed by atoms with Crippen LogP contribution in [0.15, 0.2) is 58.3 Å². The largest absolute Gasteiger partial charge is 0.368 e. The molecule has 38 heavy (non-hydrogen) atoms. The zero-order valence-corrected chi connectivity index (χ0v) is 24.1. The van der Waals surface area contributed by atoms with Crippen molar-refractivity contribution in [2.45, 2.75) is 16.2 Å². The molecule has 2 heterocycles. The van der Waals surface area contributed by atoms with E-state index >= 15 is 4.39 Å². The molecule has 1 amide bonds. The molecule has 0 aliphatic carbocycles. The first-order valence-corrected chi connectivity index (χ1v) is 14.2. The van der Waals surface area contributed by atoms with Crippen LogP contribution in [-0.2, 0) is 0 Å². The second kappa shape index (κ2) is 11.5. The summed E-state index contributed by atoms with van der Waals surface area (Å²) in [4.78, 5) is 22.0. The van der Waals surface area contributed by atoms with Crippen molar-refractivity contribution in [3.63, 3.8) is 0 Å². The summed E-state index contributed by atoms with van der Waals surface area (Å²) >= 11 is 26.6. The second-order valence-electron chi connectivity index (χ2n) is 9.08. The first-order valence-electron chi connectivity index (χ1n) is 11.9. The van der Waals surface area contributed by atoms with Crippen LogP contribution in [-0.4, -0.2) is 49.0 Å². The topological polar surface area (TPSA) is 51.4 Å². The van der Waals surface area contributed by atoms with Gasteiger partial charge in [0.2, 0.25) is 0 Å².